The number of hydrogen-bond acceptors (Lipinski definition) is 5. The molecular formula is C31H34FN3O2S2. The molecule has 2 heterocycles. The monoisotopic (exact) mass is 563 g/mol. The number of carbonyl (C=O) groups is 1. The minimum Gasteiger partial charge on any atom is -0.611 e. The van der Waals surface area contributed by atoms with Crippen LogP contribution in [0.1, 0.15) is 82.4 Å². The summed E-state index contributed by atoms with van der Waals surface area (Å²) in [6.07, 6.45) is 5.33. The first kappa shape index (κ1) is 27.9. The zero-order valence-electron chi connectivity index (χ0n) is 22.5. The molecule has 1 spiro atoms. The molecule has 204 valence electrons. The van der Waals surface area contributed by atoms with Crippen LogP contribution in [-0.4, -0.2) is 34.2 Å². The van der Waals surface area contributed by atoms with Crippen molar-refractivity contribution in [2.45, 2.75) is 68.8 Å². The molecule has 2 aromatic carbocycles. The van der Waals surface area contributed by atoms with Crippen molar-refractivity contribution in [3.63, 3.8) is 0 Å². The Labute approximate surface area is 237 Å². The van der Waals surface area contributed by atoms with Crippen LogP contribution in [0.3, 0.4) is 0 Å². The van der Waals surface area contributed by atoms with Gasteiger partial charge in [-0.25, -0.2) is 4.39 Å². The van der Waals surface area contributed by atoms with Crippen LogP contribution >= 0.6 is 11.3 Å². The summed E-state index contributed by atoms with van der Waals surface area (Å²) in [7, 11) is 0. The molecule has 0 saturated carbocycles. The Morgan fingerprint density at radius 1 is 1.21 bits per heavy atom. The Morgan fingerprint density at radius 2 is 1.95 bits per heavy atom. The van der Waals surface area contributed by atoms with Crippen LogP contribution in [0.4, 0.5) is 4.39 Å². The number of nitriles is 1. The summed E-state index contributed by atoms with van der Waals surface area (Å²) >= 11 is 0.680. The van der Waals surface area contributed by atoms with Crippen molar-refractivity contribution >= 4 is 28.4 Å². The van der Waals surface area contributed by atoms with Gasteiger partial charge in [-0.3, -0.25) is 9.69 Å². The standard InChI is InChI=1S/C31H34FN3O2S2/c1-3-39(37)26-10-6-22(7-11-26)20-34-30(36)28-18-24-5-4-12-31(29(24)38-28)13-15-35(16-14-31)21(2)23-8-9-25(19-33)27(32)17-23/h6-11,17-18,21H,3-5,12-16,20H2,1-2H3,(H,34,36). The van der Waals surface area contributed by atoms with Crippen LogP contribution in [0, 0.1) is 17.1 Å². The fourth-order valence-corrected chi connectivity index (χ4v) is 8.18. The van der Waals surface area contributed by atoms with Gasteiger partial charge in [0.2, 0.25) is 0 Å². The number of benzene rings is 2. The molecule has 2 aliphatic rings. The van der Waals surface area contributed by atoms with E-state index in [9.17, 15) is 13.7 Å². The van der Waals surface area contributed by atoms with Crippen molar-refractivity contribution in [1.29, 1.82) is 5.26 Å². The Morgan fingerprint density at radius 3 is 2.62 bits per heavy atom. The molecular weight excluding hydrogens is 529 g/mol. The van der Waals surface area contributed by atoms with Crippen LogP contribution in [0.5, 0.6) is 0 Å². The van der Waals surface area contributed by atoms with E-state index < -0.39 is 17.0 Å². The van der Waals surface area contributed by atoms with E-state index in [1.165, 1.54) is 16.5 Å². The molecule has 1 saturated heterocycles. The molecule has 5 rings (SSSR count). The van der Waals surface area contributed by atoms with E-state index in [4.69, 9.17) is 5.26 Å². The highest BCUT2D eigenvalue weighted by Gasteiger charge is 2.42. The summed E-state index contributed by atoms with van der Waals surface area (Å²) in [5.41, 5.74) is 3.39. The fourth-order valence-electron chi connectivity index (χ4n) is 6.01. The number of halogens is 1. The third kappa shape index (κ3) is 5.78. The lowest BCUT2D eigenvalue weighted by Gasteiger charge is -2.45. The van der Waals surface area contributed by atoms with Crippen molar-refractivity contribution < 1.29 is 13.7 Å². The molecule has 0 radical (unpaired) electrons. The van der Waals surface area contributed by atoms with Crippen molar-refractivity contribution in [3.05, 3.63) is 86.4 Å². The molecule has 2 atom stereocenters. The second-order valence-electron chi connectivity index (χ2n) is 10.6. The van der Waals surface area contributed by atoms with Gasteiger partial charge < -0.3 is 9.87 Å². The number of carbonyl (C=O) groups excluding carboxylic acids is 1. The number of amides is 1. The van der Waals surface area contributed by atoms with Gasteiger partial charge in [-0.1, -0.05) is 18.2 Å². The van der Waals surface area contributed by atoms with Crippen LogP contribution in [-0.2, 0) is 29.6 Å². The highest BCUT2D eigenvalue weighted by atomic mass is 32.2. The van der Waals surface area contributed by atoms with E-state index in [1.54, 1.807) is 17.4 Å². The molecule has 2 unspecified atom stereocenters. The molecule has 1 N–H and O–H groups in total. The number of likely N-dealkylation sites (tertiary alicyclic amines) is 1. The second kappa shape index (κ2) is 11.8. The molecule has 1 fully saturated rings. The first-order valence-corrected chi connectivity index (χ1v) is 15.8. The van der Waals surface area contributed by atoms with Gasteiger partial charge in [0.05, 0.1) is 10.4 Å². The summed E-state index contributed by atoms with van der Waals surface area (Å²) in [4.78, 5) is 18.5. The quantitative estimate of drug-likeness (QED) is 0.345. The maximum atomic E-state index is 14.2. The molecule has 5 nitrogen and oxygen atoms in total. The number of aryl methyl sites for hydroxylation is 1. The Balaban J connectivity index is 1.23. The number of piperidine rings is 1. The fraction of sp³-hybridized carbons (Fsp3) is 0.419. The minimum atomic E-state index is -0.974. The highest BCUT2D eigenvalue weighted by molar-refractivity contribution is 7.91. The molecule has 3 aromatic rings. The van der Waals surface area contributed by atoms with Crippen molar-refractivity contribution in [2.75, 3.05) is 18.8 Å². The summed E-state index contributed by atoms with van der Waals surface area (Å²) in [6.45, 7) is 6.28. The SMILES string of the molecule is CC[S+]([O-])c1ccc(CNC(=O)c2cc3c(s2)C2(CCC3)CCN(C(C)c3ccc(C#N)c(F)c3)CC2)cc1. The topological polar surface area (TPSA) is 79.2 Å². The number of hydrogen-bond donors (Lipinski definition) is 1. The van der Waals surface area contributed by atoms with Gasteiger partial charge in [0, 0.05) is 22.9 Å². The Kier molecular flexibility index (Phi) is 8.43. The summed E-state index contributed by atoms with van der Waals surface area (Å²) in [6, 6.07) is 16.6. The summed E-state index contributed by atoms with van der Waals surface area (Å²) in [5, 5.41) is 12.1. The number of nitrogens with zero attached hydrogens (tertiary/aromatic N) is 2. The molecule has 1 aromatic heterocycles. The van der Waals surface area contributed by atoms with E-state index in [0.29, 0.717) is 12.3 Å². The second-order valence-corrected chi connectivity index (χ2v) is 13.4. The van der Waals surface area contributed by atoms with E-state index in [2.05, 4.69) is 23.2 Å². The zero-order chi connectivity index (χ0) is 27.6. The molecule has 8 heteroatoms. The average Bonchev–Trinajstić information content (AvgIpc) is 3.42. The highest BCUT2D eigenvalue weighted by Crippen LogP contribution is 2.49. The summed E-state index contributed by atoms with van der Waals surface area (Å²) in [5.74, 6) is 0.0932. The molecule has 1 aliphatic heterocycles. The Hall–Kier alpha value is -2.70. The summed E-state index contributed by atoms with van der Waals surface area (Å²) < 4.78 is 26.2. The average molecular weight is 564 g/mol. The third-order valence-electron chi connectivity index (χ3n) is 8.42. The third-order valence-corrected chi connectivity index (χ3v) is 11.2. The van der Waals surface area contributed by atoms with Crippen LogP contribution in [0.25, 0.3) is 0 Å². The number of thiophene rings is 1. The van der Waals surface area contributed by atoms with Crippen molar-refractivity contribution in [2.24, 2.45) is 0 Å². The minimum absolute atomic E-state index is 0.0420. The van der Waals surface area contributed by atoms with Crippen LogP contribution < -0.4 is 5.32 Å². The van der Waals surface area contributed by atoms with Crippen molar-refractivity contribution in [1.82, 2.24) is 10.2 Å². The lowest BCUT2D eigenvalue weighted by molar-refractivity contribution is 0.0955. The normalized spacial score (nSPS) is 18.2. The zero-order valence-corrected chi connectivity index (χ0v) is 24.1. The lowest BCUT2D eigenvalue weighted by Crippen LogP contribution is -2.44. The van der Waals surface area contributed by atoms with Crippen molar-refractivity contribution in [3.8, 4) is 6.07 Å². The predicted molar refractivity (Wildman–Crippen MR) is 154 cm³/mol. The molecule has 39 heavy (non-hydrogen) atoms. The van der Waals surface area contributed by atoms with Gasteiger partial charge in [0.15, 0.2) is 4.90 Å². The molecule has 1 amide bonds. The van der Waals surface area contributed by atoms with Gasteiger partial charge >= 0.3 is 0 Å². The first-order valence-electron chi connectivity index (χ1n) is 13.7. The largest absolute Gasteiger partial charge is 0.611 e. The lowest BCUT2D eigenvalue weighted by atomic mass is 9.69. The molecule has 1 aliphatic carbocycles. The van der Waals surface area contributed by atoms with Gasteiger partial charge in [-0.05, 0) is 117 Å². The van der Waals surface area contributed by atoms with E-state index in [0.717, 1.165) is 66.1 Å². The van der Waals surface area contributed by atoms with E-state index >= 15 is 0 Å². The Bertz CT molecular complexity index is 1370. The van der Waals surface area contributed by atoms with Gasteiger partial charge in [-0.2, -0.15) is 5.26 Å². The predicted octanol–water partition coefficient (Wildman–Crippen LogP) is 6.25. The smallest absolute Gasteiger partial charge is 0.261 e. The number of rotatable bonds is 7. The van der Waals surface area contributed by atoms with Crippen LogP contribution in [0.2, 0.25) is 0 Å². The van der Waals surface area contributed by atoms with Gasteiger partial charge in [0.1, 0.15) is 17.6 Å². The first-order chi connectivity index (χ1) is 18.8. The number of nitrogens with one attached hydrogen (secondary N) is 1. The van der Waals surface area contributed by atoms with Gasteiger partial charge in [0.25, 0.3) is 5.91 Å². The maximum Gasteiger partial charge on any atom is 0.261 e. The number of fused-ring (bicyclic) bond motifs is 2. The van der Waals surface area contributed by atoms with Gasteiger partial charge in [-0.15, -0.1) is 11.3 Å². The van der Waals surface area contributed by atoms with E-state index in [1.807, 2.05) is 43.3 Å². The molecule has 0 bridgehead atoms. The van der Waals surface area contributed by atoms with Crippen LogP contribution in [0.15, 0.2) is 53.4 Å². The van der Waals surface area contributed by atoms with E-state index in [-0.39, 0.29) is 22.9 Å². The maximum absolute atomic E-state index is 14.2.